The molecular weight excluding hydrogens is 607 g/mol. The molecule has 7 rings (SSSR count). The molecule has 5 aromatic rings. The number of aromatic nitrogens is 1. The molecule has 0 unspecified atom stereocenters. The van der Waals surface area contributed by atoms with Crippen LogP contribution in [-0.2, 0) is 23.4 Å². The quantitative estimate of drug-likeness (QED) is 0.150. The molecule has 0 aliphatic carbocycles. The molecule has 0 saturated carbocycles. The maximum absolute atomic E-state index is 12.3. The molecule has 45 heavy (non-hydrogen) atoms. The second-order valence-electron chi connectivity index (χ2n) is 10.9. The van der Waals surface area contributed by atoms with E-state index in [2.05, 4.69) is 35.2 Å². The van der Waals surface area contributed by atoms with Gasteiger partial charge in [0.15, 0.2) is 5.75 Å². The van der Waals surface area contributed by atoms with E-state index in [0.29, 0.717) is 17.2 Å². The van der Waals surface area contributed by atoms with Crippen molar-refractivity contribution in [1.82, 2.24) is 0 Å². The van der Waals surface area contributed by atoms with Crippen LogP contribution in [0.15, 0.2) is 126 Å². The summed E-state index contributed by atoms with van der Waals surface area (Å²) in [7, 11) is -4.44. The lowest BCUT2D eigenvalue weighted by Crippen LogP contribution is -2.35. The van der Waals surface area contributed by atoms with Gasteiger partial charge in [0, 0.05) is 30.6 Å². The Kier molecular flexibility index (Phi) is 7.50. The van der Waals surface area contributed by atoms with Crippen LogP contribution < -0.4 is 19.1 Å². The first kappa shape index (κ1) is 29.0. The first-order valence-electron chi connectivity index (χ1n) is 14.4. The zero-order chi connectivity index (χ0) is 31.1. The number of hydrogen-bond donors (Lipinski definition) is 2. The average Bonchev–Trinajstić information content (AvgIpc) is 3.57. The van der Waals surface area contributed by atoms with Crippen LogP contribution in [0.2, 0.25) is 0 Å². The van der Waals surface area contributed by atoms with Crippen molar-refractivity contribution in [2.75, 3.05) is 16.3 Å². The van der Waals surface area contributed by atoms with Gasteiger partial charge in [-0.25, -0.2) is 0 Å². The van der Waals surface area contributed by atoms with E-state index in [9.17, 15) is 18.1 Å². The second-order valence-corrected chi connectivity index (χ2v) is 13.3. The van der Waals surface area contributed by atoms with Gasteiger partial charge in [0.1, 0.15) is 4.70 Å². The fourth-order valence-corrected chi connectivity index (χ4v) is 7.70. The van der Waals surface area contributed by atoms with Crippen LogP contribution >= 0.6 is 11.3 Å². The van der Waals surface area contributed by atoms with Crippen LogP contribution in [0.25, 0.3) is 27.1 Å². The molecule has 226 valence electrons. The second kappa shape index (κ2) is 11.6. The van der Waals surface area contributed by atoms with E-state index in [4.69, 9.17) is 4.74 Å². The molecule has 10 heteroatoms. The van der Waals surface area contributed by atoms with E-state index in [1.165, 1.54) is 6.07 Å². The number of benzene rings is 4. The van der Waals surface area contributed by atoms with Crippen molar-refractivity contribution in [2.45, 2.75) is 25.1 Å². The number of allylic oxidation sites excluding steroid dienone is 4. The minimum absolute atomic E-state index is 0.146. The summed E-state index contributed by atoms with van der Waals surface area (Å²) >= 11 is 1.59. The summed E-state index contributed by atoms with van der Waals surface area (Å²) in [6.07, 6.45) is 12.0. The highest BCUT2D eigenvalue weighted by atomic mass is 32.2. The maximum atomic E-state index is 12.3. The van der Waals surface area contributed by atoms with Crippen LogP contribution in [0.4, 0.5) is 11.4 Å². The Labute approximate surface area is 265 Å². The van der Waals surface area contributed by atoms with Crippen LogP contribution in [-0.4, -0.2) is 24.6 Å². The first-order valence-corrected chi connectivity index (χ1v) is 16.7. The van der Waals surface area contributed by atoms with Crippen LogP contribution in [0.5, 0.6) is 5.75 Å². The third kappa shape index (κ3) is 5.53. The predicted molar refractivity (Wildman–Crippen MR) is 179 cm³/mol. The zero-order valence-electron chi connectivity index (χ0n) is 24.4. The molecule has 0 bridgehead atoms. The number of thiazole rings is 1. The number of fused-ring (bicyclic) bond motifs is 4. The van der Waals surface area contributed by atoms with Gasteiger partial charge in [-0.3, -0.25) is 4.55 Å². The number of nitrogens with zero attached hydrogens (tertiary/aromatic N) is 3. The van der Waals surface area contributed by atoms with Gasteiger partial charge in [-0.05, 0) is 65.9 Å². The molecule has 0 spiro atoms. The molecule has 0 amide bonds. The Morgan fingerprint density at radius 1 is 1.04 bits per heavy atom. The number of aliphatic hydroxyl groups is 1. The van der Waals surface area contributed by atoms with E-state index in [1.54, 1.807) is 29.5 Å². The van der Waals surface area contributed by atoms with E-state index in [-0.39, 0.29) is 18.2 Å². The summed E-state index contributed by atoms with van der Waals surface area (Å²) in [5, 5.41) is 13.5. The van der Waals surface area contributed by atoms with Crippen molar-refractivity contribution in [2.24, 2.45) is 0 Å². The smallest absolute Gasteiger partial charge is 0.294 e. The highest BCUT2D eigenvalue weighted by molar-refractivity contribution is 7.85. The molecule has 3 heterocycles. The van der Waals surface area contributed by atoms with Gasteiger partial charge in [-0.2, -0.15) is 13.0 Å². The summed E-state index contributed by atoms with van der Waals surface area (Å²) in [6, 6.07) is 24.6. The van der Waals surface area contributed by atoms with E-state index in [0.717, 1.165) is 49.5 Å². The van der Waals surface area contributed by atoms with Crippen molar-refractivity contribution in [3.05, 3.63) is 131 Å². The fourth-order valence-electron chi connectivity index (χ4n) is 5.81. The highest BCUT2D eigenvalue weighted by Crippen LogP contribution is 2.43. The number of ether oxygens (including phenoxy) is 1. The summed E-state index contributed by atoms with van der Waals surface area (Å²) in [5.41, 5.74) is 4.02. The summed E-state index contributed by atoms with van der Waals surface area (Å²) < 4.78 is 43.8. The predicted octanol–water partition coefficient (Wildman–Crippen LogP) is 6.77. The van der Waals surface area contributed by atoms with E-state index in [1.807, 2.05) is 77.2 Å². The molecule has 0 saturated heterocycles. The maximum Gasteiger partial charge on any atom is 0.294 e. The molecule has 2 aliphatic heterocycles. The van der Waals surface area contributed by atoms with Crippen molar-refractivity contribution in [1.29, 1.82) is 0 Å². The minimum atomic E-state index is -4.44. The largest absolute Gasteiger partial charge is 0.439 e. The number of rotatable bonds is 7. The fraction of sp³-hybridized carbons (Fsp3) is 0.114. The third-order valence-corrected chi connectivity index (χ3v) is 9.95. The van der Waals surface area contributed by atoms with Gasteiger partial charge < -0.3 is 19.6 Å². The van der Waals surface area contributed by atoms with E-state index < -0.39 is 10.1 Å². The number of aliphatic hydroxyl groups excluding tert-OH is 1. The van der Waals surface area contributed by atoms with Gasteiger partial charge in [-0.1, -0.05) is 66.0 Å². The van der Waals surface area contributed by atoms with Gasteiger partial charge >= 0.3 is 0 Å². The Morgan fingerprint density at radius 2 is 1.87 bits per heavy atom. The normalized spacial score (nSPS) is 15.8. The van der Waals surface area contributed by atoms with Crippen LogP contribution in [0, 0.1) is 0 Å². The van der Waals surface area contributed by atoms with Crippen molar-refractivity contribution in [3.63, 3.8) is 0 Å². The topological polar surface area (TPSA) is 94.2 Å². The monoisotopic (exact) mass is 636 g/mol. The summed E-state index contributed by atoms with van der Waals surface area (Å²) in [5.74, 6) is 1.15. The Bertz CT molecular complexity index is 2200. The molecule has 0 radical (unpaired) electrons. The molecule has 4 aromatic carbocycles. The molecule has 0 atom stereocenters. The Balaban J connectivity index is 1.31. The first-order chi connectivity index (χ1) is 21.8. The highest BCUT2D eigenvalue weighted by Gasteiger charge is 2.30. The lowest BCUT2D eigenvalue weighted by molar-refractivity contribution is -0.703. The molecule has 0 fully saturated rings. The molecule has 8 nitrogen and oxygen atoms in total. The van der Waals surface area contributed by atoms with Crippen LogP contribution in [0.3, 0.4) is 0 Å². The van der Waals surface area contributed by atoms with E-state index >= 15 is 0 Å². The van der Waals surface area contributed by atoms with Gasteiger partial charge in [0.2, 0.25) is 11.4 Å². The SMILES string of the molecule is CC(/C=C1\Oc2ccc(N3C=CC=CC3)cc2N1Cc1ccccc1S(=O)(=O)O)=C\c1sc2ccc3ccccc3c2[n+]1CO. The number of hydrogen-bond acceptors (Lipinski definition) is 7. The van der Waals surface area contributed by atoms with Gasteiger partial charge in [0.05, 0.1) is 22.5 Å². The van der Waals surface area contributed by atoms with Crippen molar-refractivity contribution in [3.8, 4) is 5.75 Å². The lowest BCUT2D eigenvalue weighted by atomic mass is 10.1. The Hall–Kier alpha value is -4.74. The standard InChI is InChI=1S/C35H29N3O5S2/c1-24(20-34-38(23-39)35-28-11-5-3-9-25(28)13-16-31(35)44-34)19-33-37(22-26-10-4-6-12-32(26)45(40,41)42)29-21-27(14-15-30(29)43-33)36-17-7-2-8-18-36/h2-17,19-21,39H,18,22-23H2,1H3/p+1. The number of anilines is 2. The zero-order valence-corrected chi connectivity index (χ0v) is 26.0. The van der Waals surface area contributed by atoms with Gasteiger partial charge in [0.25, 0.3) is 21.9 Å². The van der Waals surface area contributed by atoms with Gasteiger partial charge in [-0.15, -0.1) is 0 Å². The third-order valence-electron chi connectivity index (χ3n) is 7.90. The molecule has 2 aliphatic rings. The molecular formula is C35H30N3O5S2+. The Morgan fingerprint density at radius 3 is 2.67 bits per heavy atom. The summed E-state index contributed by atoms with van der Waals surface area (Å²) in [6.45, 7) is 2.66. The lowest BCUT2D eigenvalue weighted by Gasteiger charge is -2.23. The van der Waals surface area contributed by atoms with Crippen molar-refractivity contribution >= 4 is 59.9 Å². The minimum Gasteiger partial charge on any atom is -0.439 e. The molecule has 1 aromatic heterocycles. The summed E-state index contributed by atoms with van der Waals surface area (Å²) in [4.78, 5) is 3.88. The van der Waals surface area contributed by atoms with Crippen molar-refractivity contribution < 1.29 is 27.4 Å². The average molecular weight is 637 g/mol. The van der Waals surface area contributed by atoms with Crippen LogP contribution in [0.1, 0.15) is 17.5 Å². The molecule has 2 N–H and O–H groups in total.